The molecule has 1 aromatic rings. The number of nitrogens with one attached hydrogen (secondary N) is 1. The van der Waals surface area contributed by atoms with Crippen molar-refractivity contribution in [3.05, 3.63) is 35.9 Å². The van der Waals surface area contributed by atoms with Gasteiger partial charge in [-0.2, -0.15) is 0 Å². The highest BCUT2D eigenvalue weighted by Crippen LogP contribution is 2.15. The second-order valence-electron chi connectivity index (χ2n) is 6.44. The lowest BCUT2D eigenvalue weighted by Gasteiger charge is -2.19. The zero-order valence-corrected chi connectivity index (χ0v) is 14.7. The van der Waals surface area contributed by atoms with Crippen LogP contribution in [-0.2, 0) is 20.8 Å². The first-order valence-corrected chi connectivity index (χ1v) is 8.33. The minimum absolute atomic E-state index is 0.114. The second kappa shape index (κ2) is 7.92. The fourth-order valence-electron chi connectivity index (χ4n) is 2.68. The predicted octanol–water partition coefficient (Wildman–Crippen LogP) is 1.32. The molecule has 1 aliphatic heterocycles. The molecule has 0 aliphatic carbocycles. The van der Waals surface area contributed by atoms with Crippen LogP contribution in [0.3, 0.4) is 0 Å². The number of benzene rings is 1. The summed E-state index contributed by atoms with van der Waals surface area (Å²) in [6.07, 6.45) is 1.54. The monoisotopic (exact) mass is 345 g/mol. The first kappa shape index (κ1) is 18.6. The van der Waals surface area contributed by atoms with Crippen LogP contribution in [-0.4, -0.2) is 52.2 Å². The van der Waals surface area contributed by atoms with E-state index in [1.54, 1.807) is 13.8 Å². The van der Waals surface area contributed by atoms with Crippen LogP contribution >= 0.6 is 0 Å². The van der Waals surface area contributed by atoms with Crippen molar-refractivity contribution in [1.29, 1.82) is 0 Å². The van der Waals surface area contributed by atoms with Crippen LogP contribution < -0.4 is 5.32 Å². The standard InChI is InChI=1S/C18H23N3O4/c1-12(2)21-17(24)16(23)20(18(21)25)11-15(22)19-13(3)9-10-14-7-5-4-6-8-14/h4-8,12-13H,9-11H2,1-3H3,(H,19,22)/t13-/m0/s1. The number of imide groups is 2. The summed E-state index contributed by atoms with van der Waals surface area (Å²) in [5.41, 5.74) is 1.17. The van der Waals surface area contributed by atoms with E-state index in [0.717, 1.165) is 17.7 Å². The summed E-state index contributed by atoms with van der Waals surface area (Å²) in [7, 11) is 0. The summed E-state index contributed by atoms with van der Waals surface area (Å²) in [6, 6.07) is 8.61. The minimum Gasteiger partial charge on any atom is -0.352 e. The molecular weight excluding hydrogens is 322 g/mol. The summed E-state index contributed by atoms with van der Waals surface area (Å²) < 4.78 is 0. The average Bonchev–Trinajstić information content (AvgIpc) is 2.77. The maximum absolute atomic E-state index is 12.1. The average molecular weight is 345 g/mol. The van der Waals surface area contributed by atoms with Gasteiger partial charge in [0.2, 0.25) is 5.91 Å². The number of carbonyl (C=O) groups excluding carboxylic acids is 4. The largest absolute Gasteiger partial charge is 0.352 e. The summed E-state index contributed by atoms with van der Waals surface area (Å²) >= 11 is 0. The molecule has 0 aromatic heterocycles. The molecule has 1 atom stereocenters. The molecule has 0 unspecified atom stereocenters. The third-order valence-electron chi connectivity index (χ3n) is 4.02. The van der Waals surface area contributed by atoms with Gasteiger partial charge in [0.05, 0.1) is 0 Å². The highest BCUT2D eigenvalue weighted by molar-refractivity contribution is 6.45. The lowest BCUT2D eigenvalue weighted by molar-refractivity contribution is -0.144. The summed E-state index contributed by atoms with van der Waals surface area (Å²) in [5.74, 6) is -2.30. The number of carbonyl (C=O) groups is 4. The van der Waals surface area contributed by atoms with Gasteiger partial charge in [-0.15, -0.1) is 0 Å². The molecule has 7 heteroatoms. The molecule has 25 heavy (non-hydrogen) atoms. The molecule has 1 N–H and O–H groups in total. The molecule has 0 spiro atoms. The molecule has 2 rings (SSSR count). The highest BCUT2D eigenvalue weighted by atomic mass is 16.2. The van der Waals surface area contributed by atoms with E-state index in [1.165, 1.54) is 5.56 Å². The molecule has 1 aromatic carbocycles. The van der Waals surface area contributed by atoms with E-state index in [1.807, 2.05) is 37.3 Å². The van der Waals surface area contributed by atoms with Crippen molar-refractivity contribution in [2.45, 2.75) is 45.7 Å². The molecule has 7 nitrogen and oxygen atoms in total. The molecule has 134 valence electrons. The number of aryl methyl sites for hydroxylation is 1. The molecule has 0 radical (unpaired) electrons. The fraction of sp³-hybridized carbons (Fsp3) is 0.444. The predicted molar refractivity (Wildman–Crippen MR) is 91.5 cm³/mol. The van der Waals surface area contributed by atoms with Gasteiger partial charge < -0.3 is 5.32 Å². The van der Waals surface area contributed by atoms with E-state index in [4.69, 9.17) is 0 Å². The maximum atomic E-state index is 12.1. The summed E-state index contributed by atoms with van der Waals surface area (Å²) in [5, 5.41) is 2.76. The second-order valence-corrected chi connectivity index (χ2v) is 6.44. The van der Waals surface area contributed by atoms with E-state index in [9.17, 15) is 19.2 Å². The van der Waals surface area contributed by atoms with Gasteiger partial charge >= 0.3 is 17.8 Å². The zero-order valence-electron chi connectivity index (χ0n) is 14.7. The molecule has 0 saturated carbocycles. The normalized spacial score (nSPS) is 15.9. The van der Waals surface area contributed by atoms with Crippen LogP contribution in [0.5, 0.6) is 0 Å². The van der Waals surface area contributed by atoms with Crippen molar-refractivity contribution < 1.29 is 19.2 Å². The van der Waals surface area contributed by atoms with Gasteiger partial charge in [0.1, 0.15) is 6.54 Å². The van der Waals surface area contributed by atoms with Gasteiger partial charge in [0.15, 0.2) is 0 Å². The SMILES string of the molecule is CC(C)N1C(=O)C(=O)N(CC(=O)N[C@@H](C)CCc2ccccc2)C1=O. The molecule has 5 amide bonds. The minimum atomic E-state index is -0.953. The van der Waals surface area contributed by atoms with E-state index in [0.29, 0.717) is 4.90 Å². The first-order valence-electron chi connectivity index (χ1n) is 8.33. The van der Waals surface area contributed by atoms with Crippen molar-refractivity contribution in [2.24, 2.45) is 0 Å². The van der Waals surface area contributed by atoms with E-state index in [2.05, 4.69) is 5.32 Å². The van der Waals surface area contributed by atoms with E-state index in [-0.39, 0.29) is 6.04 Å². The Balaban J connectivity index is 1.86. The van der Waals surface area contributed by atoms with Crippen molar-refractivity contribution >= 4 is 23.8 Å². The Morgan fingerprint density at radius 1 is 1.04 bits per heavy atom. The van der Waals surface area contributed by atoms with Crippen LogP contribution in [0.1, 0.15) is 32.8 Å². The van der Waals surface area contributed by atoms with Crippen molar-refractivity contribution in [1.82, 2.24) is 15.1 Å². The van der Waals surface area contributed by atoms with Gasteiger partial charge in [-0.3, -0.25) is 19.3 Å². The van der Waals surface area contributed by atoms with Gasteiger partial charge in [-0.25, -0.2) is 9.69 Å². The van der Waals surface area contributed by atoms with E-state index < -0.39 is 36.3 Å². The van der Waals surface area contributed by atoms with Gasteiger partial charge in [0, 0.05) is 12.1 Å². The number of urea groups is 1. The third-order valence-corrected chi connectivity index (χ3v) is 4.02. The van der Waals surface area contributed by atoms with Crippen molar-refractivity contribution in [2.75, 3.05) is 6.54 Å². The molecule has 1 aliphatic rings. The quantitative estimate of drug-likeness (QED) is 0.596. The molecular formula is C18H23N3O4. The van der Waals surface area contributed by atoms with Crippen molar-refractivity contribution in [3.63, 3.8) is 0 Å². The van der Waals surface area contributed by atoms with Crippen LogP contribution in [0.15, 0.2) is 30.3 Å². The Hall–Kier alpha value is -2.70. The first-order chi connectivity index (χ1) is 11.8. The summed E-state index contributed by atoms with van der Waals surface area (Å²) in [4.78, 5) is 49.5. The zero-order chi connectivity index (χ0) is 18.6. The van der Waals surface area contributed by atoms with Crippen molar-refractivity contribution in [3.8, 4) is 0 Å². The summed E-state index contributed by atoms with van der Waals surface area (Å²) in [6.45, 7) is 4.69. The van der Waals surface area contributed by atoms with Gasteiger partial charge in [0.25, 0.3) is 0 Å². The molecule has 0 bridgehead atoms. The van der Waals surface area contributed by atoms with E-state index >= 15 is 0 Å². The van der Waals surface area contributed by atoms with Crippen LogP contribution in [0.4, 0.5) is 4.79 Å². The smallest absolute Gasteiger partial charge is 0.334 e. The Morgan fingerprint density at radius 3 is 2.24 bits per heavy atom. The molecule has 1 fully saturated rings. The Kier molecular flexibility index (Phi) is 5.90. The van der Waals surface area contributed by atoms with Crippen LogP contribution in [0.25, 0.3) is 0 Å². The number of nitrogens with zero attached hydrogens (tertiary/aromatic N) is 2. The number of rotatable bonds is 7. The molecule has 1 saturated heterocycles. The number of hydrogen-bond acceptors (Lipinski definition) is 4. The third kappa shape index (κ3) is 4.43. The van der Waals surface area contributed by atoms with Gasteiger partial charge in [-0.05, 0) is 39.2 Å². The number of amides is 5. The Bertz CT molecular complexity index is 672. The van der Waals surface area contributed by atoms with Crippen LogP contribution in [0.2, 0.25) is 0 Å². The van der Waals surface area contributed by atoms with Gasteiger partial charge in [-0.1, -0.05) is 30.3 Å². The van der Waals surface area contributed by atoms with Crippen LogP contribution in [0, 0.1) is 0 Å². The topological polar surface area (TPSA) is 86.8 Å². The Morgan fingerprint density at radius 2 is 1.68 bits per heavy atom. The lowest BCUT2D eigenvalue weighted by Crippen LogP contribution is -2.44. The number of hydrogen-bond donors (Lipinski definition) is 1. The molecule has 1 heterocycles. The lowest BCUT2D eigenvalue weighted by atomic mass is 10.1. The highest BCUT2D eigenvalue weighted by Gasteiger charge is 2.46. The fourth-order valence-corrected chi connectivity index (χ4v) is 2.68. The maximum Gasteiger partial charge on any atom is 0.334 e. The Labute approximate surface area is 147 Å².